The summed E-state index contributed by atoms with van der Waals surface area (Å²) in [6.07, 6.45) is 2.21. The molecule has 3 N–H and O–H groups in total. The Morgan fingerprint density at radius 2 is 2.08 bits per heavy atom. The number of rotatable bonds is 3. The summed E-state index contributed by atoms with van der Waals surface area (Å²) in [4.78, 5) is 13.1. The van der Waals surface area contributed by atoms with Crippen molar-refractivity contribution in [3.8, 4) is 0 Å². The number of nitrogens with two attached hydrogens (primary N) is 1. The van der Waals surface area contributed by atoms with Crippen LogP contribution in [0.25, 0.3) is 0 Å². The number of nitrogens with zero attached hydrogens (tertiary/aromatic N) is 1. The van der Waals surface area contributed by atoms with E-state index in [2.05, 4.69) is 17.3 Å². The van der Waals surface area contributed by atoms with Crippen LogP contribution in [0.2, 0.25) is 0 Å². The highest BCUT2D eigenvalue weighted by Gasteiger charge is 2.19. The zero-order chi connectivity index (χ0) is 9.84. The van der Waals surface area contributed by atoms with Crippen LogP contribution in [0.5, 0.6) is 0 Å². The summed E-state index contributed by atoms with van der Waals surface area (Å²) < 4.78 is 0. The fourth-order valence-electron chi connectivity index (χ4n) is 1.61. The molecule has 1 aliphatic heterocycles. The number of hydrogen-bond donors (Lipinski definition) is 2. The summed E-state index contributed by atoms with van der Waals surface area (Å²) in [7, 11) is 2.12. The lowest BCUT2D eigenvalue weighted by Gasteiger charge is -2.30. The Morgan fingerprint density at radius 1 is 1.54 bits per heavy atom. The van der Waals surface area contributed by atoms with Gasteiger partial charge in [0.25, 0.3) is 0 Å². The Bertz CT molecular complexity index is 176. The van der Waals surface area contributed by atoms with Crippen LogP contribution in [0, 0.1) is 0 Å². The van der Waals surface area contributed by atoms with E-state index in [9.17, 15) is 4.79 Å². The first-order chi connectivity index (χ1) is 6.09. The second kappa shape index (κ2) is 4.58. The molecule has 0 aliphatic carbocycles. The zero-order valence-corrected chi connectivity index (χ0v) is 8.42. The highest BCUT2D eigenvalue weighted by molar-refractivity contribution is 5.79. The van der Waals surface area contributed by atoms with Crippen LogP contribution in [0.3, 0.4) is 0 Å². The maximum atomic E-state index is 10.8. The van der Waals surface area contributed by atoms with E-state index in [0.29, 0.717) is 6.04 Å². The quantitative estimate of drug-likeness (QED) is 0.626. The van der Waals surface area contributed by atoms with Crippen molar-refractivity contribution in [3.05, 3.63) is 0 Å². The fraction of sp³-hybridized carbons (Fsp3) is 0.889. The van der Waals surface area contributed by atoms with Crippen molar-refractivity contribution in [3.63, 3.8) is 0 Å². The molecule has 4 nitrogen and oxygen atoms in total. The number of hydrogen-bond acceptors (Lipinski definition) is 3. The lowest BCUT2D eigenvalue weighted by molar-refractivity contribution is -0.119. The molecule has 0 bridgehead atoms. The van der Waals surface area contributed by atoms with Gasteiger partial charge in [-0.25, -0.2) is 0 Å². The molecule has 0 unspecified atom stereocenters. The first kappa shape index (κ1) is 10.5. The SMILES string of the molecule is C[C@@H](NC1CCN(C)CC1)C(N)=O. The fourth-order valence-corrected chi connectivity index (χ4v) is 1.61. The summed E-state index contributed by atoms with van der Waals surface area (Å²) in [6, 6.07) is 0.257. The van der Waals surface area contributed by atoms with Crippen LogP contribution in [-0.2, 0) is 4.79 Å². The highest BCUT2D eigenvalue weighted by atomic mass is 16.1. The van der Waals surface area contributed by atoms with Crippen molar-refractivity contribution in [2.45, 2.75) is 31.8 Å². The summed E-state index contributed by atoms with van der Waals surface area (Å²) in [5.41, 5.74) is 5.17. The molecule has 0 aromatic heterocycles. The Hall–Kier alpha value is -0.610. The molecule has 1 rings (SSSR count). The maximum Gasteiger partial charge on any atom is 0.234 e. The predicted octanol–water partition coefficient (Wildman–Crippen LogP) is -0.456. The Balaban J connectivity index is 2.26. The minimum absolute atomic E-state index is 0.201. The van der Waals surface area contributed by atoms with Gasteiger partial charge in [0.05, 0.1) is 6.04 Å². The van der Waals surface area contributed by atoms with Crippen molar-refractivity contribution >= 4 is 5.91 Å². The average molecular weight is 185 g/mol. The van der Waals surface area contributed by atoms with Crippen LogP contribution < -0.4 is 11.1 Å². The minimum Gasteiger partial charge on any atom is -0.368 e. The second-order valence-electron chi connectivity index (χ2n) is 3.87. The summed E-state index contributed by atoms with van der Waals surface area (Å²) >= 11 is 0. The molecule has 0 radical (unpaired) electrons. The van der Waals surface area contributed by atoms with E-state index < -0.39 is 0 Å². The van der Waals surface area contributed by atoms with Gasteiger partial charge in [0.15, 0.2) is 0 Å². The number of nitrogens with one attached hydrogen (secondary N) is 1. The Morgan fingerprint density at radius 3 is 2.54 bits per heavy atom. The third-order valence-electron chi connectivity index (χ3n) is 2.63. The van der Waals surface area contributed by atoms with E-state index in [1.54, 1.807) is 0 Å². The van der Waals surface area contributed by atoms with E-state index >= 15 is 0 Å². The van der Waals surface area contributed by atoms with Gasteiger partial charge < -0.3 is 16.0 Å². The second-order valence-corrected chi connectivity index (χ2v) is 3.87. The number of primary amides is 1. The molecule has 1 fully saturated rings. The summed E-state index contributed by atoms with van der Waals surface area (Å²) in [5.74, 6) is -0.265. The molecule has 1 amide bonds. The van der Waals surface area contributed by atoms with Crippen molar-refractivity contribution in [1.82, 2.24) is 10.2 Å². The molecule has 1 atom stereocenters. The van der Waals surface area contributed by atoms with E-state index in [-0.39, 0.29) is 11.9 Å². The summed E-state index contributed by atoms with van der Waals surface area (Å²) in [6.45, 7) is 4.02. The number of carbonyl (C=O) groups excluding carboxylic acids is 1. The Labute approximate surface area is 79.5 Å². The molecule has 1 aliphatic rings. The summed E-state index contributed by atoms with van der Waals surface area (Å²) in [5, 5.41) is 3.24. The lowest BCUT2D eigenvalue weighted by atomic mass is 10.0. The molecule has 0 saturated carbocycles. The molecule has 0 spiro atoms. The van der Waals surface area contributed by atoms with Gasteiger partial charge in [0, 0.05) is 6.04 Å². The monoisotopic (exact) mass is 185 g/mol. The molecular formula is C9H19N3O. The Kier molecular flexibility index (Phi) is 3.69. The predicted molar refractivity (Wildman–Crippen MR) is 52.3 cm³/mol. The van der Waals surface area contributed by atoms with Gasteiger partial charge in [-0.15, -0.1) is 0 Å². The molecule has 0 aromatic carbocycles. The van der Waals surface area contributed by atoms with Crippen LogP contribution in [-0.4, -0.2) is 43.0 Å². The van der Waals surface area contributed by atoms with Gasteiger partial charge in [-0.05, 0) is 39.9 Å². The van der Waals surface area contributed by atoms with Gasteiger partial charge in [0.1, 0.15) is 0 Å². The number of carbonyl (C=O) groups is 1. The van der Waals surface area contributed by atoms with Crippen molar-refractivity contribution in [2.75, 3.05) is 20.1 Å². The van der Waals surface area contributed by atoms with E-state index in [4.69, 9.17) is 5.73 Å². The molecule has 76 valence electrons. The molecule has 4 heteroatoms. The first-order valence-electron chi connectivity index (χ1n) is 4.83. The molecular weight excluding hydrogens is 166 g/mol. The third-order valence-corrected chi connectivity index (χ3v) is 2.63. The molecule has 1 heterocycles. The topological polar surface area (TPSA) is 58.4 Å². The smallest absolute Gasteiger partial charge is 0.234 e. The molecule has 0 aromatic rings. The van der Waals surface area contributed by atoms with Crippen LogP contribution in [0.4, 0.5) is 0 Å². The van der Waals surface area contributed by atoms with E-state index in [1.165, 1.54) is 0 Å². The van der Waals surface area contributed by atoms with Crippen LogP contribution in [0.15, 0.2) is 0 Å². The largest absolute Gasteiger partial charge is 0.368 e. The van der Waals surface area contributed by atoms with Crippen LogP contribution >= 0.6 is 0 Å². The standard InChI is InChI=1S/C9H19N3O/c1-7(9(10)13)11-8-3-5-12(2)6-4-8/h7-8,11H,3-6H2,1-2H3,(H2,10,13)/t7-/m1/s1. The van der Waals surface area contributed by atoms with Gasteiger partial charge >= 0.3 is 0 Å². The van der Waals surface area contributed by atoms with Crippen molar-refractivity contribution < 1.29 is 4.79 Å². The minimum atomic E-state index is -0.265. The van der Waals surface area contributed by atoms with Gasteiger partial charge in [-0.2, -0.15) is 0 Å². The van der Waals surface area contributed by atoms with Gasteiger partial charge in [-0.1, -0.05) is 0 Å². The first-order valence-corrected chi connectivity index (χ1v) is 4.83. The van der Waals surface area contributed by atoms with Crippen LogP contribution in [0.1, 0.15) is 19.8 Å². The van der Waals surface area contributed by atoms with E-state index in [1.807, 2.05) is 6.92 Å². The average Bonchev–Trinajstić information content (AvgIpc) is 2.08. The molecule has 13 heavy (non-hydrogen) atoms. The van der Waals surface area contributed by atoms with Gasteiger partial charge in [-0.3, -0.25) is 4.79 Å². The van der Waals surface area contributed by atoms with Crippen molar-refractivity contribution in [1.29, 1.82) is 0 Å². The lowest BCUT2D eigenvalue weighted by Crippen LogP contribution is -2.48. The molecule has 1 saturated heterocycles. The van der Waals surface area contributed by atoms with Gasteiger partial charge in [0.2, 0.25) is 5.91 Å². The number of piperidine rings is 1. The van der Waals surface area contributed by atoms with E-state index in [0.717, 1.165) is 25.9 Å². The number of likely N-dealkylation sites (tertiary alicyclic amines) is 1. The maximum absolute atomic E-state index is 10.8. The highest BCUT2D eigenvalue weighted by Crippen LogP contribution is 2.08. The normalized spacial score (nSPS) is 22.9. The number of amides is 1. The third kappa shape index (κ3) is 3.32. The van der Waals surface area contributed by atoms with Crippen molar-refractivity contribution in [2.24, 2.45) is 5.73 Å². The zero-order valence-electron chi connectivity index (χ0n) is 8.42.